The third-order valence-corrected chi connectivity index (χ3v) is 7.91. The monoisotopic (exact) mass is 407 g/mol. The molecule has 2 atom stereocenters. The van der Waals surface area contributed by atoms with Gasteiger partial charge in [-0.05, 0) is 0 Å². The summed E-state index contributed by atoms with van der Waals surface area (Å²) in [7, 11) is 0. The van der Waals surface area contributed by atoms with E-state index >= 15 is 0 Å². The molecule has 0 aliphatic carbocycles. The predicted octanol–water partition coefficient (Wildman–Crippen LogP) is 4.63. The molecule has 132 valence electrons. The molecule has 0 unspecified atom stereocenters. The number of hydrogen-bond donors (Lipinski definition) is 0. The predicted molar refractivity (Wildman–Crippen MR) is 111 cm³/mol. The van der Waals surface area contributed by atoms with Crippen LogP contribution in [-0.4, -0.2) is 26.4 Å². The van der Waals surface area contributed by atoms with Crippen LogP contribution >= 0.6 is 0 Å². The van der Waals surface area contributed by atoms with E-state index in [0.717, 1.165) is 11.4 Å². The van der Waals surface area contributed by atoms with Crippen molar-refractivity contribution in [3.8, 4) is 0 Å². The van der Waals surface area contributed by atoms with Gasteiger partial charge < -0.3 is 0 Å². The van der Waals surface area contributed by atoms with Gasteiger partial charge in [-0.15, -0.1) is 0 Å². The van der Waals surface area contributed by atoms with Gasteiger partial charge in [-0.25, -0.2) is 0 Å². The molecular formula is C24H25NSe. The number of hydrogen-bond acceptors (Lipinski definition) is 1. The van der Waals surface area contributed by atoms with Crippen LogP contribution in [0.1, 0.15) is 24.5 Å². The first-order valence-electron chi connectivity index (χ1n) is 9.30. The molecule has 1 heterocycles. The van der Waals surface area contributed by atoms with Crippen LogP contribution in [0.15, 0.2) is 91.0 Å². The van der Waals surface area contributed by atoms with Gasteiger partial charge in [0, 0.05) is 0 Å². The van der Waals surface area contributed by atoms with Crippen LogP contribution in [0.3, 0.4) is 0 Å². The quantitative estimate of drug-likeness (QED) is 0.559. The molecule has 0 amide bonds. The summed E-state index contributed by atoms with van der Waals surface area (Å²) in [4.78, 5) is 3.45. The summed E-state index contributed by atoms with van der Waals surface area (Å²) >= 11 is 0.517. The van der Waals surface area contributed by atoms with Crippen LogP contribution in [0.5, 0.6) is 0 Å². The van der Waals surface area contributed by atoms with Crippen molar-refractivity contribution in [3.63, 3.8) is 0 Å². The van der Waals surface area contributed by atoms with Crippen molar-refractivity contribution in [1.82, 2.24) is 4.90 Å². The molecule has 2 heteroatoms. The Labute approximate surface area is 163 Å². The molecule has 0 radical (unpaired) electrons. The Morgan fingerprint density at radius 2 is 1.42 bits per heavy atom. The van der Waals surface area contributed by atoms with E-state index in [-0.39, 0.29) is 5.54 Å². The second-order valence-electron chi connectivity index (χ2n) is 7.26. The molecule has 3 aromatic carbocycles. The zero-order valence-electron chi connectivity index (χ0n) is 15.2. The fourth-order valence-electron chi connectivity index (χ4n) is 4.00. The molecule has 26 heavy (non-hydrogen) atoms. The minimum absolute atomic E-state index is 0.109. The van der Waals surface area contributed by atoms with Gasteiger partial charge >= 0.3 is 163 Å². The molecule has 0 aromatic heterocycles. The van der Waals surface area contributed by atoms with E-state index in [1.807, 2.05) is 0 Å². The summed E-state index contributed by atoms with van der Waals surface area (Å²) in [5, 5.41) is 0. The van der Waals surface area contributed by atoms with Crippen molar-refractivity contribution in [2.24, 2.45) is 0 Å². The van der Waals surface area contributed by atoms with E-state index in [1.54, 1.807) is 0 Å². The molecule has 0 spiro atoms. The minimum atomic E-state index is 0.109. The third kappa shape index (κ3) is 3.78. The van der Waals surface area contributed by atoms with Crippen molar-refractivity contribution in [1.29, 1.82) is 0 Å². The summed E-state index contributed by atoms with van der Waals surface area (Å²) < 4.78 is 1.52. The second-order valence-corrected chi connectivity index (χ2v) is 10.1. The SMILES string of the molecule is C[C@]1(c2ccccc2)C[C@@H]([Se]c2ccccc2)CN1Cc1ccccc1. The number of benzene rings is 3. The Morgan fingerprint density at radius 3 is 2.08 bits per heavy atom. The maximum absolute atomic E-state index is 2.70. The fraction of sp³-hybridized carbons (Fsp3) is 0.250. The first-order valence-corrected chi connectivity index (χ1v) is 11.1. The summed E-state index contributed by atoms with van der Waals surface area (Å²) in [6, 6.07) is 33.0. The first-order chi connectivity index (χ1) is 12.7. The average Bonchev–Trinajstić information content (AvgIpc) is 3.00. The molecule has 1 nitrogen and oxygen atoms in total. The van der Waals surface area contributed by atoms with Crippen molar-refractivity contribution in [2.75, 3.05) is 6.54 Å². The Balaban J connectivity index is 1.60. The van der Waals surface area contributed by atoms with E-state index in [2.05, 4.69) is 103 Å². The zero-order valence-corrected chi connectivity index (χ0v) is 16.9. The Hall–Kier alpha value is -1.86. The van der Waals surface area contributed by atoms with Gasteiger partial charge in [0.1, 0.15) is 0 Å². The summed E-state index contributed by atoms with van der Waals surface area (Å²) in [5.41, 5.74) is 2.96. The molecule has 1 fully saturated rings. The molecule has 4 rings (SSSR count). The van der Waals surface area contributed by atoms with Gasteiger partial charge in [-0.3, -0.25) is 0 Å². The number of nitrogens with zero attached hydrogens (tertiary/aromatic N) is 1. The van der Waals surface area contributed by atoms with Crippen LogP contribution in [0.25, 0.3) is 0 Å². The van der Waals surface area contributed by atoms with Crippen molar-refractivity contribution < 1.29 is 0 Å². The van der Waals surface area contributed by atoms with Gasteiger partial charge in [-0.2, -0.15) is 0 Å². The van der Waals surface area contributed by atoms with E-state index < -0.39 is 0 Å². The summed E-state index contributed by atoms with van der Waals surface area (Å²) in [6.45, 7) is 4.63. The standard InChI is InChI=1S/C24H25NSe/c1-24(21-13-7-3-8-14-21)17-23(26-22-15-9-4-10-16-22)19-25(24)18-20-11-5-2-6-12-20/h2-16,23H,17-19H2,1H3/t23-,24-/m1/s1. The first kappa shape index (κ1) is 17.5. The number of likely N-dealkylation sites (tertiary alicyclic amines) is 1. The van der Waals surface area contributed by atoms with Crippen molar-refractivity contribution in [3.05, 3.63) is 102 Å². The molecule has 1 aliphatic rings. The molecule has 1 aliphatic heterocycles. The van der Waals surface area contributed by atoms with Gasteiger partial charge in [0.25, 0.3) is 0 Å². The average molecular weight is 406 g/mol. The molecular weight excluding hydrogens is 381 g/mol. The van der Waals surface area contributed by atoms with Crippen molar-refractivity contribution >= 4 is 19.4 Å². The van der Waals surface area contributed by atoms with Crippen LogP contribution < -0.4 is 4.46 Å². The van der Waals surface area contributed by atoms with E-state index in [4.69, 9.17) is 0 Å². The van der Waals surface area contributed by atoms with E-state index in [0.29, 0.717) is 15.0 Å². The molecule has 3 aromatic rings. The van der Waals surface area contributed by atoms with Crippen LogP contribution in [0, 0.1) is 0 Å². The summed E-state index contributed by atoms with van der Waals surface area (Å²) in [5.74, 6) is 0. The Bertz CT molecular complexity index is 819. The Kier molecular flexibility index (Phi) is 5.26. The summed E-state index contributed by atoms with van der Waals surface area (Å²) in [6.07, 6.45) is 1.23. The Morgan fingerprint density at radius 1 is 0.846 bits per heavy atom. The van der Waals surface area contributed by atoms with E-state index in [9.17, 15) is 0 Å². The van der Waals surface area contributed by atoms with Crippen LogP contribution in [0.4, 0.5) is 0 Å². The van der Waals surface area contributed by atoms with Crippen LogP contribution in [-0.2, 0) is 12.1 Å². The molecule has 0 saturated carbocycles. The van der Waals surface area contributed by atoms with E-state index in [1.165, 1.54) is 28.6 Å². The van der Waals surface area contributed by atoms with Crippen LogP contribution in [0.2, 0.25) is 4.82 Å². The topological polar surface area (TPSA) is 3.24 Å². The van der Waals surface area contributed by atoms with Gasteiger partial charge in [-0.1, -0.05) is 0 Å². The third-order valence-electron chi connectivity index (χ3n) is 5.41. The van der Waals surface area contributed by atoms with Crippen molar-refractivity contribution in [2.45, 2.75) is 30.2 Å². The molecule has 0 bridgehead atoms. The maximum atomic E-state index is 2.70. The van der Waals surface area contributed by atoms with Gasteiger partial charge in [0.2, 0.25) is 0 Å². The second kappa shape index (κ2) is 7.80. The van der Waals surface area contributed by atoms with Gasteiger partial charge in [0.15, 0.2) is 0 Å². The fourth-order valence-corrected chi connectivity index (χ4v) is 6.85. The zero-order chi connectivity index (χ0) is 17.8. The molecule has 1 saturated heterocycles. The van der Waals surface area contributed by atoms with Gasteiger partial charge in [0.05, 0.1) is 0 Å². The number of rotatable bonds is 5. The molecule has 0 N–H and O–H groups in total. The normalized spacial score (nSPS) is 23.2.